The van der Waals surface area contributed by atoms with Gasteiger partial charge in [0, 0.05) is 20.7 Å². The second-order valence-electron chi connectivity index (χ2n) is 4.50. The number of tetrazole rings is 1. The van der Waals surface area contributed by atoms with Gasteiger partial charge in [-0.05, 0) is 17.3 Å². The van der Waals surface area contributed by atoms with Crippen LogP contribution in [0.4, 0.5) is 0 Å². The van der Waals surface area contributed by atoms with Crippen LogP contribution in [0.25, 0.3) is 11.6 Å². The van der Waals surface area contributed by atoms with E-state index in [1.807, 2.05) is 0 Å². The zero-order chi connectivity index (χ0) is 15.2. The fourth-order valence-electron chi connectivity index (χ4n) is 1.72. The van der Waals surface area contributed by atoms with Gasteiger partial charge in [-0.25, -0.2) is 0 Å². The van der Waals surface area contributed by atoms with Crippen LogP contribution in [-0.2, 0) is 16.1 Å². The number of aliphatic hydroxyl groups excluding tert-OH is 1. The maximum absolute atomic E-state index is 12.0. The maximum atomic E-state index is 12.0. The SMILES string of the molecule is COCC(O)CN(C)C(=O)Cn1nnc(-c2ccco2)n1. The second kappa shape index (κ2) is 6.95. The van der Waals surface area contributed by atoms with Crippen molar-refractivity contribution in [3.63, 3.8) is 0 Å². The van der Waals surface area contributed by atoms with Crippen molar-refractivity contribution in [3.8, 4) is 11.6 Å². The first-order valence-electron chi connectivity index (χ1n) is 6.32. The summed E-state index contributed by atoms with van der Waals surface area (Å²) in [5, 5.41) is 21.2. The third-order valence-electron chi connectivity index (χ3n) is 2.74. The first-order valence-corrected chi connectivity index (χ1v) is 6.32. The average molecular weight is 295 g/mol. The molecule has 0 saturated heterocycles. The van der Waals surface area contributed by atoms with Crippen molar-refractivity contribution >= 4 is 5.91 Å². The molecule has 1 atom stereocenters. The molecule has 0 spiro atoms. The van der Waals surface area contributed by atoms with E-state index in [2.05, 4.69) is 15.4 Å². The molecule has 1 amide bonds. The molecule has 114 valence electrons. The highest BCUT2D eigenvalue weighted by Crippen LogP contribution is 2.12. The Morgan fingerprint density at radius 1 is 1.62 bits per heavy atom. The lowest BCUT2D eigenvalue weighted by molar-refractivity contribution is -0.132. The molecular formula is C12H17N5O4. The van der Waals surface area contributed by atoms with E-state index in [0.717, 1.165) is 0 Å². The lowest BCUT2D eigenvalue weighted by atomic mass is 10.3. The first kappa shape index (κ1) is 15.1. The number of aromatic nitrogens is 4. The number of ether oxygens (including phenoxy) is 1. The molecule has 2 heterocycles. The molecule has 0 aromatic carbocycles. The van der Waals surface area contributed by atoms with Crippen LogP contribution in [0.15, 0.2) is 22.8 Å². The maximum Gasteiger partial charge on any atom is 0.246 e. The van der Waals surface area contributed by atoms with Crippen molar-refractivity contribution in [3.05, 3.63) is 18.4 Å². The molecule has 0 saturated carbocycles. The summed E-state index contributed by atoms with van der Waals surface area (Å²) < 4.78 is 9.95. The number of hydrogen-bond donors (Lipinski definition) is 1. The van der Waals surface area contributed by atoms with Crippen LogP contribution in [0.3, 0.4) is 0 Å². The van der Waals surface area contributed by atoms with Crippen molar-refractivity contribution in [2.24, 2.45) is 0 Å². The number of amides is 1. The van der Waals surface area contributed by atoms with E-state index in [-0.39, 0.29) is 25.6 Å². The molecule has 0 radical (unpaired) electrons. The minimum atomic E-state index is -0.730. The Morgan fingerprint density at radius 2 is 2.43 bits per heavy atom. The fraction of sp³-hybridized carbons (Fsp3) is 0.500. The molecule has 1 N–H and O–H groups in total. The number of carbonyl (C=O) groups excluding carboxylic acids is 1. The lowest BCUT2D eigenvalue weighted by Gasteiger charge is -2.19. The summed E-state index contributed by atoms with van der Waals surface area (Å²) in [6.45, 7) is 0.276. The molecule has 9 nitrogen and oxygen atoms in total. The van der Waals surface area contributed by atoms with E-state index in [0.29, 0.717) is 11.6 Å². The topological polar surface area (TPSA) is 107 Å². The Morgan fingerprint density at radius 3 is 3.10 bits per heavy atom. The van der Waals surface area contributed by atoms with Gasteiger partial charge in [0.1, 0.15) is 6.54 Å². The molecule has 0 aliphatic rings. The van der Waals surface area contributed by atoms with Gasteiger partial charge in [-0.2, -0.15) is 4.80 Å². The van der Waals surface area contributed by atoms with Crippen molar-refractivity contribution in [1.82, 2.24) is 25.1 Å². The van der Waals surface area contributed by atoms with Crippen molar-refractivity contribution in [2.45, 2.75) is 12.6 Å². The van der Waals surface area contributed by atoms with E-state index in [9.17, 15) is 9.90 Å². The second-order valence-corrected chi connectivity index (χ2v) is 4.50. The zero-order valence-corrected chi connectivity index (χ0v) is 11.8. The van der Waals surface area contributed by atoms with Gasteiger partial charge in [-0.3, -0.25) is 4.79 Å². The van der Waals surface area contributed by atoms with Crippen LogP contribution < -0.4 is 0 Å². The van der Waals surface area contributed by atoms with Crippen LogP contribution in [0.5, 0.6) is 0 Å². The molecule has 0 fully saturated rings. The Balaban J connectivity index is 1.90. The van der Waals surface area contributed by atoms with Gasteiger partial charge in [0.05, 0.1) is 19.0 Å². The van der Waals surface area contributed by atoms with Gasteiger partial charge in [-0.1, -0.05) is 0 Å². The van der Waals surface area contributed by atoms with Gasteiger partial charge in [0.2, 0.25) is 11.7 Å². The molecule has 21 heavy (non-hydrogen) atoms. The normalized spacial score (nSPS) is 12.3. The lowest BCUT2D eigenvalue weighted by Crippen LogP contribution is -2.38. The van der Waals surface area contributed by atoms with Crippen molar-refractivity contribution in [1.29, 1.82) is 0 Å². The third-order valence-corrected chi connectivity index (χ3v) is 2.74. The number of likely N-dealkylation sites (N-methyl/N-ethyl adjacent to an activating group) is 1. The quantitative estimate of drug-likeness (QED) is 0.726. The highest BCUT2D eigenvalue weighted by atomic mass is 16.5. The van der Waals surface area contributed by atoms with E-state index >= 15 is 0 Å². The van der Waals surface area contributed by atoms with E-state index in [4.69, 9.17) is 9.15 Å². The molecule has 0 aliphatic carbocycles. The number of rotatable bonds is 7. The smallest absolute Gasteiger partial charge is 0.246 e. The van der Waals surface area contributed by atoms with E-state index < -0.39 is 6.10 Å². The number of furan rings is 1. The average Bonchev–Trinajstić information content (AvgIpc) is 3.08. The largest absolute Gasteiger partial charge is 0.461 e. The molecule has 0 aliphatic heterocycles. The third kappa shape index (κ3) is 4.10. The van der Waals surface area contributed by atoms with Crippen molar-refractivity contribution in [2.75, 3.05) is 27.3 Å². The zero-order valence-electron chi connectivity index (χ0n) is 11.8. The summed E-state index contributed by atoms with van der Waals surface area (Å²) >= 11 is 0. The van der Waals surface area contributed by atoms with Crippen LogP contribution in [0.2, 0.25) is 0 Å². The Hall–Kier alpha value is -2.26. The molecule has 2 aromatic heterocycles. The van der Waals surface area contributed by atoms with Crippen LogP contribution in [0, 0.1) is 0 Å². The molecule has 1 unspecified atom stereocenters. The summed E-state index contributed by atoms with van der Waals surface area (Å²) in [5.41, 5.74) is 0. The van der Waals surface area contributed by atoms with Gasteiger partial charge in [-0.15, -0.1) is 10.2 Å². The van der Waals surface area contributed by atoms with E-state index in [1.54, 1.807) is 19.2 Å². The van der Waals surface area contributed by atoms with Crippen LogP contribution in [0.1, 0.15) is 0 Å². The number of aliphatic hydroxyl groups is 1. The minimum absolute atomic E-state index is 0.0656. The molecule has 0 bridgehead atoms. The monoisotopic (exact) mass is 295 g/mol. The van der Waals surface area contributed by atoms with Gasteiger partial charge < -0.3 is 19.2 Å². The summed E-state index contributed by atoms with van der Waals surface area (Å²) in [5.74, 6) is 0.556. The van der Waals surface area contributed by atoms with Gasteiger partial charge in [0.15, 0.2) is 5.76 Å². The van der Waals surface area contributed by atoms with Gasteiger partial charge in [0.25, 0.3) is 0 Å². The van der Waals surface area contributed by atoms with Gasteiger partial charge >= 0.3 is 0 Å². The first-order chi connectivity index (χ1) is 10.1. The molecule has 2 aromatic rings. The number of hydrogen-bond acceptors (Lipinski definition) is 7. The minimum Gasteiger partial charge on any atom is -0.461 e. The molecule has 2 rings (SSSR count). The fourth-order valence-corrected chi connectivity index (χ4v) is 1.72. The summed E-state index contributed by atoms with van der Waals surface area (Å²) in [4.78, 5) is 14.5. The number of carbonyl (C=O) groups is 1. The summed E-state index contributed by atoms with van der Waals surface area (Å²) in [7, 11) is 3.08. The highest BCUT2D eigenvalue weighted by molar-refractivity contribution is 5.75. The standard InChI is InChI=1S/C12H17N5O4/c1-16(6-9(18)8-20-2)11(19)7-17-14-12(13-15-17)10-4-3-5-21-10/h3-5,9,18H,6-8H2,1-2H3. The van der Waals surface area contributed by atoms with Crippen molar-refractivity contribution < 1.29 is 19.1 Å². The predicted molar refractivity (Wildman–Crippen MR) is 71.0 cm³/mol. The molecule has 9 heteroatoms. The predicted octanol–water partition coefficient (Wildman–Crippen LogP) is -0.601. The number of nitrogens with zero attached hydrogens (tertiary/aromatic N) is 5. The molecular weight excluding hydrogens is 278 g/mol. The number of methoxy groups -OCH3 is 1. The summed E-state index contributed by atoms with van der Waals surface area (Å²) in [6.07, 6.45) is 0.776. The van der Waals surface area contributed by atoms with E-state index in [1.165, 1.54) is 23.1 Å². The Bertz CT molecular complexity index is 568. The summed E-state index contributed by atoms with van der Waals surface area (Å²) in [6, 6.07) is 3.42. The van der Waals surface area contributed by atoms with Crippen LogP contribution in [-0.4, -0.2) is 69.5 Å². The Labute approximate surface area is 121 Å². The van der Waals surface area contributed by atoms with Crippen LogP contribution >= 0.6 is 0 Å². The highest BCUT2D eigenvalue weighted by Gasteiger charge is 2.16. The Kier molecular flexibility index (Phi) is 5.01.